The number of hydrogen-bond acceptors (Lipinski definition) is 3. The lowest BCUT2D eigenvalue weighted by Crippen LogP contribution is -2.46. The van der Waals surface area contributed by atoms with E-state index in [1.807, 2.05) is 35.2 Å². The van der Waals surface area contributed by atoms with Crippen molar-refractivity contribution in [2.75, 3.05) is 26.2 Å². The molecule has 0 aliphatic carbocycles. The summed E-state index contributed by atoms with van der Waals surface area (Å²) in [6.45, 7) is 2.63. The molecule has 1 aliphatic heterocycles. The first-order valence-corrected chi connectivity index (χ1v) is 7.40. The van der Waals surface area contributed by atoms with Crippen LogP contribution in [0.5, 0.6) is 0 Å². The zero-order chi connectivity index (χ0) is 15.6. The average molecular weight is 309 g/mol. The van der Waals surface area contributed by atoms with Crippen LogP contribution in [0.4, 0.5) is 13.2 Å². The van der Waals surface area contributed by atoms with Crippen molar-refractivity contribution in [2.45, 2.75) is 18.6 Å². The van der Waals surface area contributed by atoms with E-state index in [0.717, 1.165) is 10.9 Å². The van der Waals surface area contributed by atoms with Gasteiger partial charge in [0.1, 0.15) is 0 Å². The Morgan fingerprint density at radius 1 is 1.09 bits per heavy atom. The normalized spacial score (nSPS) is 18.5. The Morgan fingerprint density at radius 3 is 2.55 bits per heavy atom. The van der Waals surface area contributed by atoms with E-state index in [4.69, 9.17) is 0 Å². The molecule has 6 heteroatoms. The van der Waals surface area contributed by atoms with Crippen LogP contribution < -0.4 is 5.32 Å². The number of nitrogens with zero attached hydrogens (tertiary/aromatic N) is 2. The van der Waals surface area contributed by atoms with Gasteiger partial charge in [0.2, 0.25) is 0 Å². The minimum absolute atomic E-state index is 0.498. The van der Waals surface area contributed by atoms with Crippen LogP contribution in [-0.4, -0.2) is 42.2 Å². The third-order valence-electron chi connectivity index (χ3n) is 3.98. The van der Waals surface area contributed by atoms with Crippen LogP contribution in [0.25, 0.3) is 10.9 Å². The first kappa shape index (κ1) is 15.2. The number of aromatic nitrogens is 1. The number of rotatable bonds is 3. The zero-order valence-electron chi connectivity index (χ0n) is 12.1. The molecule has 0 unspecified atom stereocenters. The zero-order valence-corrected chi connectivity index (χ0v) is 12.1. The number of hydrogen-bond donors (Lipinski definition) is 1. The molecular weight excluding hydrogens is 291 g/mol. The molecule has 1 atom stereocenters. The molecular formula is C16H18F3N3. The Morgan fingerprint density at radius 2 is 1.82 bits per heavy atom. The quantitative estimate of drug-likeness (QED) is 0.944. The molecule has 3 nitrogen and oxygen atoms in total. The Hall–Kier alpha value is -1.66. The maximum atomic E-state index is 13.0. The van der Waals surface area contributed by atoms with Crippen LogP contribution in [0, 0.1) is 0 Å². The van der Waals surface area contributed by atoms with Crippen LogP contribution in [0.15, 0.2) is 36.4 Å². The third kappa shape index (κ3) is 3.56. The van der Waals surface area contributed by atoms with Crippen LogP contribution in [0.3, 0.4) is 0 Å². The van der Waals surface area contributed by atoms with Gasteiger partial charge in [0.25, 0.3) is 0 Å². The molecule has 0 saturated carbocycles. The van der Waals surface area contributed by atoms with Gasteiger partial charge in [0, 0.05) is 31.6 Å². The van der Waals surface area contributed by atoms with E-state index < -0.39 is 18.6 Å². The highest BCUT2D eigenvalue weighted by molar-refractivity contribution is 5.78. The highest BCUT2D eigenvalue weighted by Gasteiger charge is 2.36. The van der Waals surface area contributed by atoms with E-state index in [0.29, 0.717) is 31.9 Å². The molecule has 3 rings (SSSR count). The molecule has 0 amide bonds. The molecule has 1 aliphatic rings. The van der Waals surface area contributed by atoms with Crippen LogP contribution in [0.2, 0.25) is 0 Å². The standard InChI is InChI=1S/C16H18F3N3/c17-16(18,19)11-15(22-9-7-20-8-10-22)14-6-5-12-3-1-2-4-13(12)21-14/h1-6,15,20H,7-11H2/t15-/m0/s1. The fourth-order valence-corrected chi connectivity index (χ4v) is 2.90. The third-order valence-corrected chi connectivity index (χ3v) is 3.98. The molecule has 1 fully saturated rings. The van der Waals surface area contributed by atoms with Gasteiger partial charge in [-0.05, 0) is 12.1 Å². The summed E-state index contributed by atoms with van der Waals surface area (Å²) in [5.74, 6) is 0. The van der Waals surface area contributed by atoms with Crippen LogP contribution in [-0.2, 0) is 0 Å². The van der Waals surface area contributed by atoms with Gasteiger partial charge in [-0.25, -0.2) is 0 Å². The lowest BCUT2D eigenvalue weighted by Gasteiger charge is -2.35. The maximum Gasteiger partial charge on any atom is 0.391 e. The van der Waals surface area contributed by atoms with Crippen molar-refractivity contribution in [3.05, 3.63) is 42.1 Å². The van der Waals surface area contributed by atoms with Gasteiger partial charge >= 0.3 is 6.18 Å². The van der Waals surface area contributed by atoms with E-state index in [1.165, 1.54) is 0 Å². The van der Waals surface area contributed by atoms with Gasteiger partial charge in [-0.2, -0.15) is 13.2 Å². The predicted molar refractivity (Wildman–Crippen MR) is 79.6 cm³/mol. The number of pyridine rings is 1. The molecule has 0 bridgehead atoms. The summed E-state index contributed by atoms with van der Waals surface area (Å²) in [6, 6.07) is 10.4. The van der Waals surface area contributed by atoms with E-state index in [-0.39, 0.29) is 0 Å². The number of alkyl halides is 3. The number of benzene rings is 1. The van der Waals surface area contributed by atoms with Crippen LogP contribution in [0.1, 0.15) is 18.2 Å². The minimum Gasteiger partial charge on any atom is -0.314 e. The first-order chi connectivity index (χ1) is 10.5. The lowest BCUT2D eigenvalue weighted by atomic mass is 10.0. The fraction of sp³-hybridized carbons (Fsp3) is 0.438. The monoisotopic (exact) mass is 309 g/mol. The summed E-state index contributed by atoms with van der Waals surface area (Å²) < 4.78 is 39.0. The smallest absolute Gasteiger partial charge is 0.314 e. The van der Waals surface area contributed by atoms with Crippen molar-refractivity contribution in [1.82, 2.24) is 15.2 Å². The minimum atomic E-state index is -4.21. The largest absolute Gasteiger partial charge is 0.391 e. The number of nitrogens with one attached hydrogen (secondary N) is 1. The Kier molecular flexibility index (Phi) is 4.31. The summed E-state index contributed by atoms with van der Waals surface area (Å²) in [5.41, 5.74) is 1.24. The van der Waals surface area contributed by atoms with Crippen LogP contribution >= 0.6 is 0 Å². The predicted octanol–water partition coefficient (Wildman–Crippen LogP) is 3.13. The Balaban J connectivity index is 1.94. The highest BCUT2D eigenvalue weighted by atomic mass is 19.4. The number of piperazine rings is 1. The molecule has 0 spiro atoms. The molecule has 1 aromatic heterocycles. The van der Waals surface area contributed by atoms with Crippen molar-refractivity contribution in [3.8, 4) is 0 Å². The molecule has 22 heavy (non-hydrogen) atoms. The Labute approximate surface area is 127 Å². The summed E-state index contributed by atoms with van der Waals surface area (Å²) in [5, 5.41) is 4.11. The molecule has 1 aromatic carbocycles. The second-order valence-corrected chi connectivity index (χ2v) is 5.55. The van der Waals surface area contributed by atoms with E-state index in [1.54, 1.807) is 6.07 Å². The summed E-state index contributed by atoms with van der Waals surface area (Å²) in [7, 11) is 0. The average Bonchev–Trinajstić information content (AvgIpc) is 2.52. The van der Waals surface area contributed by atoms with Gasteiger partial charge in [0.15, 0.2) is 0 Å². The highest BCUT2D eigenvalue weighted by Crippen LogP contribution is 2.33. The first-order valence-electron chi connectivity index (χ1n) is 7.40. The fourth-order valence-electron chi connectivity index (χ4n) is 2.90. The molecule has 1 saturated heterocycles. The van der Waals surface area contributed by atoms with E-state index in [9.17, 15) is 13.2 Å². The van der Waals surface area contributed by atoms with Crippen molar-refractivity contribution in [1.29, 1.82) is 0 Å². The van der Waals surface area contributed by atoms with Gasteiger partial charge in [-0.15, -0.1) is 0 Å². The Bertz CT molecular complexity index is 636. The summed E-state index contributed by atoms with van der Waals surface area (Å²) >= 11 is 0. The summed E-state index contributed by atoms with van der Waals surface area (Å²) in [4.78, 5) is 6.35. The molecule has 118 valence electrons. The maximum absolute atomic E-state index is 13.0. The number of halogens is 3. The second kappa shape index (κ2) is 6.22. The van der Waals surface area contributed by atoms with Gasteiger partial charge in [-0.1, -0.05) is 24.3 Å². The lowest BCUT2D eigenvalue weighted by molar-refractivity contribution is -0.149. The van der Waals surface area contributed by atoms with Gasteiger partial charge in [0.05, 0.1) is 23.7 Å². The van der Waals surface area contributed by atoms with Crippen molar-refractivity contribution >= 4 is 10.9 Å². The molecule has 2 aromatic rings. The topological polar surface area (TPSA) is 28.2 Å². The SMILES string of the molecule is FC(F)(F)C[C@@H](c1ccc2ccccc2n1)N1CCNCC1. The summed E-state index contributed by atoms with van der Waals surface area (Å²) in [6.07, 6.45) is -5.07. The number of fused-ring (bicyclic) bond motifs is 1. The van der Waals surface area contributed by atoms with Gasteiger partial charge < -0.3 is 5.32 Å². The molecule has 1 N–H and O–H groups in total. The van der Waals surface area contributed by atoms with Crippen molar-refractivity contribution in [2.24, 2.45) is 0 Å². The number of para-hydroxylation sites is 1. The molecule has 2 heterocycles. The van der Waals surface area contributed by atoms with E-state index in [2.05, 4.69) is 10.3 Å². The van der Waals surface area contributed by atoms with Gasteiger partial charge in [-0.3, -0.25) is 9.88 Å². The molecule has 0 radical (unpaired) electrons. The van der Waals surface area contributed by atoms with Crippen molar-refractivity contribution in [3.63, 3.8) is 0 Å². The second-order valence-electron chi connectivity index (χ2n) is 5.55. The van der Waals surface area contributed by atoms with Crippen molar-refractivity contribution < 1.29 is 13.2 Å². The van der Waals surface area contributed by atoms with E-state index >= 15 is 0 Å².